The van der Waals surface area contributed by atoms with Crippen molar-refractivity contribution < 1.29 is 18.7 Å². The van der Waals surface area contributed by atoms with Crippen LogP contribution < -0.4 is 10.1 Å². The largest absolute Gasteiger partial charge is 0.486 e. The van der Waals surface area contributed by atoms with Crippen molar-refractivity contribution in [3.63, 3.8) is 0 Å². The van der Waals surface area contributed by atoms with Gasteiger partial charge in [-0.2, -0.15) is 0 Å². The van der Waals surface area contributed by atoms with E-state index in [0.29, 0.717) is 19.0 Å². The molecule has 1 saturated heterocycles. The van der Waals surface area contributed by atoms with Gasteiger partial charge in [0.05, 0.1) is 6.61 Å². The van der Waals surface area contributed by atoms with Crippen molar-refractivity contribution in [2.24, 2.45) is 0 Å². The van der Waals surface area contributed by atoms with Crippen LogP contribution in [0.15, 0.2) is 46.9 Å². The summed E-state index contributed by atoms with van der Waals surface area (Å²) in [6, 6.07) is 13.2. The van der Waals surface area contributed by atoms with E-state index in [-0.39, 0.29) is 17.4 Å². The zero-order valence-corrected chi connectivity index (χ0v) is 13.7. The predicted octanol–water partition coefficient (Wildman–Crippen LogP) is 3.13. The Bertz CT molecular complexity index is 643. The number of para-hydroxylation sites is 1. The molecule has 0 amide bonds. The van der Waals surface area contributed by atoms with Gasteiger partial charge >= 0.3 is 5.97 Å². The third-order valence-corrected chi connectivity index (χ3v) is 4.65. The molecular weight excluding hydrogens is 314 g/mol. The molecule has 0 spiro atoms. The third-order valence-electron chi connectivity index (χ3n) is 3.42. The first-order chi connectivity index (χ1) is 11.3. The normalized spacial score (nSPS) is 20.4. The van der Waals surface area contributed by atoms with E-state index in [1.165, 1.54) is 0 Å². The van der Waals surface area contributed by atoms with Gasteiger partial charge in [0.1, 0.15) is 35.3 Å². The Balaban J connectivity index is 1.54. The van der Waals surface area contributed by atoms with Gasteiger partial charge < -0.3 is 13.9 Å². The molecule has 1 fully saturated rings. The van der Waals surface area contributed by atoms with Crippen LogP contribution >= 0.6 is 11.8 Å². The minimum atomic E-state index is -0.279. The monoisotopic (exact) mass is 333 g/mol. The maximum absolute atomic E-state index is 11.7. The molecule has 0 aliphatic carbocycles. The van der Waals surface area contributed by atoms with Gasteiger partial charge in [0.25, 0.3) is 0 Å². The lowest BCUT2D eigenvalue weighted by Crippen LogP contribution is -2.35. The number of hydrogen-bond donors (Lipinski definition) is 1. The van der Waals surface area contributed by atoms with Gasteiger partial charge in [-0.25, -0.2) is 0 Å². The Morgan fingerprint density at radius 3 is 2.91 bits per heavy atom. The van der Waals surface area contributed by atoms with Crippen LogP contribution in [-0.2, 0) is 16.1 Å². The Kier molecular flexibility index (Phi) is 5.25. The van der Waals surface area contributed by atoms with Gasteiger partial charge in [-0.1, -0.05) is 18.2 Å². The van der Waals surface area contributed by atoms with E-state index in [0.717, 1.165) is 17.3 Å². The summed E-state index contributed by atoms with van der Waals surface area (Å²) >= 11 is 1.64. The summed E-state index contributed by atoms with van der Waals surface area (Å²) in [5.41, 5.74) is 0. The molecule has 1 N–H and O–H groups in total. The molecule has 2 heterocycles. The van der Waals surface area contributed by atoms with Crippen molar-refractivity contribution in [2.45, 2.75) is 24.9 Å². The smallest absolute Gasteiger partial charge is 0.324 e. The first kappa shape index (κ1) is 16.0. The van der Waals surface area contributed by atoms with Crippen molar-refractivity contribution in [2.75, 3.05) is 12.4 Å². The number of carbonyl (C=O) groups excluding carboxylic acids is 1. The molecule has 0 bridgehead atoms. The summed E-state index contributed by atoms with van der Waals surface area (Å²) in [4.78, 5) is 11.7. The van der Waals surface area contributed by atoms with E-state index in [2.05, 4.69) is 5.32 Å². The van der Waals surface area contributed by atoms with Crippen LogP contribution in [0, 0.1) is 0 Å². The van der Waals surface area contributed by atoms with Crippen molar-refractivity contribution in [1.29, 1.82) is 0 Å². The van der Waals surface area contributed by atoms with E-state index < -0.39 is 0 Å². The molecule has 6 heteroatoms. The Labute approximate surface area is 139 Å². The van der Waals surface area contributed by atoms with Crippen molar-refractivity contribution in [3.05, 3.63) is 54.0 Å². The molecule has 2 aromatic rings. The molecule has 2 unspecified atom stereocenters. The van der Waals surface area contributed by atoms with Crippen LogP contribution in [0.3, 0.4) is 0 Å². The van der Waals surface area contributed by atoms with Gasteiger partial charge in [-0.15, -0.1) is 11.8 Å². The molecule has 2 atom stereocenters. The zero-order chi connectivity index (χ0) is 16.1. The van der Waals surface area contributed by atoms with Crippen LogP contribution in [0.1, 0.15) is 23.8 Å². The summed E-state index contributed by atoms with van der Waals surface area (Å²) in [6.07, 6.45) is 0. The maximum Gasteiger partial charge on any atom is 0.324 e. The molecule has 3 rings (SSSR count). The fourth-order valence-corrected chi connectivity index (χ4v) is 3.47. The molecule has 1 aliphatic heterocycles. The molecule has 0 saturated carbocycles. The second kappa shape index (κ2) is 7.57. The van der Waals surface area contributed by atoms with E-state index in [9.17, 15) is 4.79 Å². The van der Waals surface area contributed by atoms with Gasteiger partial charge in [0.15, 0.2) is 0 Å². The highest BCUT2D eigenvalue weighted by Gasteiger charge is 2.33. The van der Waals surface area contributed by atoms with Crippen LogP contribution in [-0.4, -0.2) is 24.4 Å². The highest BCUT2D eigenvalue weighted by atomic mass is 32.2. The Morgan fingerprint density at radius 1 is 1.30 bits per heavy atom. The number of hydrogen-bond acceptors (Lipinski definition) is 6. The van der Waals surface area contributed by atoms with E-state index in [4.69, 9.17) is 13.9 Å². The SMILES string of the molecule is CCOC(=O)C1CSC(c2ccc(COc3ccccc3)o2)N1. The molecule has 1 aromatic carbocycles. The van der Waals surface area contributed by atoms with E-state index in [1.54, 1.807) is 11.8 Å². The van der Waals surface area contributed by atoms with Gasteiger partial charge in [0, 0.05) is 5.75 Å². The highest BCUT2D eigenvalue weighted by Crippen LogP contribution is 2.34. The molecule has 1 aliphatic rings. The number of nitrogens with one attached hydrogen (secondary N) is 1. The van der Waals surface area contributed by atoms with Crippen LogP contribution in [0.5, 0.6) is 5.75 Å². The van der Waals surface area contributed by atoms with Crippen molar-refractivity contribution in [1.82, 2.24) is 5.32 Å². The maximum atomic E-state index is 11.7. The quantitative estimate of drug-likeness (QED) is 0.820. The summed E-state index contributed by atoms with van der Waals surface area (Å²) in [7, 11) is 0. The van der Waals surface area contributed by atoms with E-state index in [1.807, 2.05) is 49.4 Å². The second-order valence-corrected chi connectivity index (χ2v) is 6.23. The van der Waals surface area contributed by atoms with Crippen LogP contribution in [0.25, 0.3) is 0 Å². The summed E-state index contributed by atoms with van der Waals surface area (Å²) in [5.74, 6) is 2.84. The Morgan fingerprint density at radius 2 is 2.13 bits per heavy atom. The minimum absolute atomic E-state index is 0.0325. The Hall–Kier alpha value is -1.92. The fraction of sp³-hybridized carbons (Fsp3) is 0.353. The number of rotatable bonds is 6. The summed E-state index contributed by atoms with van der Waals surface area (Å²) in [6.45, 7) is 2.58. The number of esters is 1. The number of thioether (sulfide) groups is 1. The number of ether oxygens (including phenoxy) is 2. The van der Waals surface area contributed by atoms with Crippen LogP contribution in [0.2, 0.25) is 0 Å². The molecule has 1 aromatic heterocycles. The summed E-state index contributed by atoms with van der Waals surface area (Å²) in [5, 5.41) is 3.20. The molecule has 23 heavy (non-hydrogen) atoms. The predicted molar refractivity (Wildman–Crippen MR) is 88.2 cm³/mol. The lowest BCUT2D eigenvalue weighted by Gasteiger charge is -2.10. The third kappa shape index (κ3) is 4.09. The van der Waals surface area contributed by atoms with Gasteiger partial charge in [-0.05, 0) is 31.2 Å². The second-order valence-electron chi connectivity index (χ2n) is 5.09. The molecular formula is C17H19NO4S. The molecule has 122 valence electrons. The molecule has 5 nitrogen and oxygen atoms in total. The molecule has 0 radical (unpaired) electrons. The lowest BCUT2D eigenvalue weighted by molar-refractivity contribution is -0.144. The standard InChI is InChI=1S/C17H19NO4S/c1-2-20-17(19)14-11-23-16(18-14)15-9-8-13(22-15)10-21-12-6-4-3-5-7-12/h3-9,14,16,18H,2,10-11H2,1H3. The zero-order valence-electron chi connectivity index (χ0n) is 12.9. The first-order valence-corrected chi connectivity index (χ1v) is 8.62. The van der Waals surface area contributed by atoms with Gasteiger partial charge in [0.2, 0.25) is 0 Å². The highest BCUT2D eigenvalue weighted by molar-refractivity contribution is 7.99. The number of furan rings is 1. The van der Waals surface area contributed by atoms with Crippen molar-refractivity contribution in [3.8, 4) is 5.75 Å². The minimum Gasteiger partial charge on any atom is -0.486 e. The lowest BCUT2D eigenvalue weighted by atomic mass is 10.3. The average molecular weight is 333 g/mol. The van der Waals surface area contributed by atoms with Crippen LogP contribution in [0.4, 0.5) is 0 Å². The topological polar surface area (TPSA) is 60.7 Å². The van der Waals surface area contributed by atoms with Crippen molar-refractivity contribution >= 4 is 17.7 Å². The summed E-state index contributed by atoms with van der Waals surface area (Å²) < 4.78 is 16.5. The first-order valence-electron chi connectivity index (χ1n) is 7.57. The fourth-order valence-electron chi connectivity index (χ4n) is 2.30. The average Bonchev–Trinajstić information content (AvgIpc) is 3.23. The number of carbonyl (C=O) groups is 1. The van der Waals surface area contributed by atoms with Gasteiger partial charge in [-0.3, -0.25) is 10.1 Å². The number of benzene rings is 1. The van der Waals surface area contributed by atoms with E-state index >= 15 is 0 Å².